The van der Waals surface area contributed by atoms with Gasteiger partial charge in [-0.15, -0.1) is 0 Å². The van der Waals surface area contributed by atoms with Gasteiger partial charge < -0.3 is 14.2 Å². The number of methoxy groups -OCH3 is 1. The lowest BCUT2D eigenvalue weighted by atomic mass is 10.1. The number of benzene rings is 1. The number of hydrogen-bond donors (Lipinski definition) is 0. The lowest BCUT2D eigenvalue weighted by Crippen LogP contribution is -2.40. The maximum atomic E-state index is 12.5. The van der Waals surface area contributed by atoms with E-state index in [1.165, 1.54) is 5.69 Å². The summed E-state index contributed by atoms with van der Waals surface area (Å²) in [6.07, 6.45) is 2.80. The Morgan fingerprint density at radius 1 is 1.42 bits per heavy atom. The lowest BCUT2D eigenvalue weighted by Gasteiger charge is -2.28. The zero-order valence-electron chi connectivity index (χ0n) is 14.5. The molecule has 1 aromatic carbocycles. The van der Waals surface area contributed by atoms with Crippen molar-refractivity contribution in [1.29, 1.82) is 0 Å². The summed E-state index contributed by atoms with van der Waals surface area (Å²) in [4.78, 5) is 20.9. The Morgan fingerprint density at radius 3 is 3.04 bits per heavy atom. The molecule has 0 spiro atoms. The number of ether oxygens (including phenoxy) is 1. The number of fused-ring (bicyclic) bond motifs is 1. The van der Waals surface area contributed by atoms with Crippen LogP contribution in [0.25, 0.3) is 0 Å². The third kappa shape index (κ3) is 3.59. The molecule has 0 N–H and O–H groups in total. The van der Waals surface area contributed by atoms with Crippen molar-refractivity contribution in [2.24, 2.45) is 7.05 Å². The van der Waals surface area contributed by atoms with Crippen LogP contribution >= 0.6 is 0 Å². The van der Waals surface area contributed by atoms with Gasteiger partial charge in [0.1, 0.15) is 5.75 Å². The van der Waals surface area contributed by atoms with Crippen LogP contribution in [-0.4, -0.2) is 52.5 Å². The number of amides is 1. The number of rotatable bonds is 5. The Morgan fingerprint density at radius 2 is 2.25 bits per heavy atom. The average molecular weight is 328 g/mol. The van der Waals surface area contributed by atoms with E-state index in [0.717, 1.165) is 36.5 Å². The molecule has 1 aliphatic heterocycles. The zero-order chi connectivity index (χ0) is 17.1. The molecule has 1 aromatic heterocycles. The Balaban J connectivity index is 1.56. The molecular formula is C18H24N4O2. The first-order chi connectivity index (χ1) is 11.6. The normalized spacial score (nSPS) is 14.3. The van der Waals surface area contributed by atoms with E-state index in [0.29, 0.717) is 13.1 Å². The zero-order valence-corrected chi connectivity index (χ0v) is 14.5. The molecule has 6 nitrogen and oxygen atoms in total. The smallest absolute Gasteiger partial charge is 0.236 e. The number of likely N-dealkylation sites (N-methyl/N-ethyl adjacent to an activating group) is 1. The van der Waals surface area contributed by atoms with Crippen LogP contribution in [0, 0.1) is 0 Å². The Kier molecular flexibility index (Phi) is 4.85. The fourth-order valence-electron chi connectivity index (χ4n) is 3.09. The van der Waals surface area contributed by atoms with Crippen molar-refractivity contribution >= 4 is 5.91 Å². The van der Waals surface area contributed by atoms with E-state index in [4.69, 9.17) is 4.74 Å². The van der Waals surface area contributed by atoms with Gasteiger partial charge in [0, 0.05) is 45.8 Å². The van der Waals surface area contributed by atoms with Gasteiger partial charge in [0.05, 0.1) is 25.7 Å². The van der Waals surface area contributed by atoms with Crippen LogP contribution in [0.2, 0.25) is 0 Å². The van der Waals surface area contributed by atoms with Gasteiger partial charge in [-0.05, 0) is 17.7 Å². The predicted octanol–water partition coefficient (Wildman–Crippen LogP) is 1.45. The van der Waals surface area contributed by atoms with E-state index in [-0.39, 0.29) is 5.91 Å². The third-order valence-corrected chi connectivity index (χ3v) is 4.52. The number of imidazole rings is 1. The van der Waals surface area contributed by atoms with Crippen molar-refractivity contribution in [3.8, 4) is 5.75 Å². The summed E-state index contributed by atoms with van der Waals surface area (Å²) in [6, 6.07) is 7.82. The molecule has 0 radical (unpaired) electrons. The van der Waals surface area contributed by atoms with Crippen LogP contribution in [0.15, 0.2) is 30.6 Å². The van der Waals surface area contributed by atoms with Crippen molar-refractivity contribution in [1.82, 2.24) is 19.4 Å². The molecule has 1 aliphatic rings. The van der Waals surface area contributed by atoms with Gasteiger partial charge in [0.25, 0.3) is 0 Å². The SMILES string of the molecule is COc1cccc(CN(C)C(=O)CN2CCc3c(ncn3C)C2)c1. The van der Waals surface area contributed by atoms with Crippen LogP contribution in [0.3, 0.4) is 0 Å². The van der Waals surface area contributed by atoms with E-state index in [2.05, 4.69) is 14.5 Å². The third-order valence-electron chi connectivity index (χ3n) is 4.52. The first kappa shape index (κ1) is 16.5. The lowest BCUT2D eigenvalue weighted by molar-refractivity contribution is -0.131. The summed E-state index contributed by atoms with van der Waals surface area (Å²) in [7, 11) is 5.52. The highest BCUT2D eigenvalue weighted by Crippen LogP contribution is 2.17. The highest BCUT2D eigenvalue weighted by molar-refractivity contribution is 5.78. The van der Waals surface area contributed by atoms with Gasteiger partial charge in [-0.2, -0.15) is 0 Å². The topological polar surface area (TPSA) is 50.6 Å². The van der Waals surface area contributed by atoms with E-state index >= 15 is 0 Å². The monoisotopic (exact) mass is 328 g/mol. The summed E-state index contributed by atoms with van der Waals surface area (Å²) in [5, 5.41) is 0. The van der Waals surface area contributed by atoms with Crippen molar-refractivity contribution in [3.63, 3.8) is 0 Å². The average Bonchev–Trinajstić information content (AvgIpc) is 2.95. The van der Waals surface area contributed by atoms with Crippen molar-refractivity contribution in [2.45, 2.75) is 19.5 Å². The van der Waals surface area contributed by atoms with E-state index in [9.17, 15) is 4.79 Å². The van der Waals surface area contributed by atoms with Crippen LogP contribution in [0.5, 0.6) is 5.75 Å². The summed E-state index contributed by atoms with van der Waals surface area (Å²) in [5.41, 5.74) is 3.44. The molecule has 2 heterocycles. The van der Waals surface area contributed by atoms with E-state index in [1.54, 1.807) is 12.0 Å². The first-order valence-corrected chi connectivity index (χ1v) is 8.15. The number of aromatic nitrogens is 2. The maximum Gasteiger partial charge on any atom is 0.236 e. The minimum absolute atomic E-state index is 0.122. The van der Waals surface area contributed by atoms with E-state index < -0.39 is 0 Å². The van der Waals surface area contributed by atoms with Gasteiger partial charge >= 0.3 is 0 Å². The van der Waals surface area contributed by atoms with Crippen LogP contribution < -0.4 is 4.74 Å². The number of nitrogens with zero attached hydrogens (tertiary/aromatic N) is 4. The summed E-state index contributed by atoms with van der Waals surface area (Å²) < 4.78 is 7.31. The van der Waals surface area contributed by atoms with Gasteiger partial charge in [0.2, 0.25) is 5.91 Å². The molecule has 0 unspecified atom stereocenters. The molecule has 0 saturated heterocycles. The molecule has 1 amide bonds. The van der Waals surface area contributed by atoms with Gasteiger partial charge in [-0.3, -0.25) is 9.69 Å². The molecule has 128 valence electrons. The summed E-state index contributed by atoms with van der Waals surface area (Å²) >= 11 is 0. The van der Waals surface area contributed by atoms with Gasteiger partial charge in [-0.25, -0.2) is 4.98 Å². The number of carbonyl (C=O) groups is 1. The number of aryl methyl sites for hydroxylation is 1. The minimum atomic E-state index is 0.122. The standard InChI is InChI=1S/C18H24N4O2/c1-20(10-14-5-4-6-15(9-14)24-3)18(23)12-22-8-7-17-16(11-22)19-13-21(17)2/h4-6,9,13H,7-8,10-12H2,1-3H3. The largest absolute Gasteiger partial charge is 0.497 e. The van der Waals surface area contributed by atoms with Crippen LogP contribution in [-0.2, 0) is 31.4 Å². The first-order valence-electron chi connectivity index (χ1n) is 8.15. The quantitative estimate of drug-likeness (QED) is 0.833. The minimum Gasteiger partial charge on any atom is -0.497 e. The van der Waals surface area contributed by atoms with Crippen LogP contribution in [0.1, 0.15) is 17.0 Å². The Bertz CT molecular complexity index is 726. The van der Waals surface area contributed by atoms with Gasteiger partial charge in [-0.1, -0.05) is 12.1 Å². The highest BCUT2D eigenvalue weighted by Gasteiger charge is 2.22. The second-order valence-corrected chi connectivity index (χ2v) is 6.31. The second-order valence-electron chi connectivity index (χ2n) is 6.31. The predicted molar refractivity (Wildman–Crippen MR) is 91.7 cm³/mol. The number of hydrogen-bond acceptors (Lipinski definition) is 4. The van der Waals surface area contributed by atoms with Crippen molar-refractivity contribution in [3.05, 3.63) is 47.5 Å². The molecule has 2 aromatic rings. The van der Waals surface area contributed by atoms with Crippen molar-refractivity contribution in [2.75, 3.05) is 27.2 Å². The Labute approximate surface area is 142 Å². The molecule has 0 aliphatic carbocycles. The fourth-order valence-corrected chi connectivity index (χ4v) is 3.09. The highest BCUT2D eigenvalue weighted by atomic mass is 16.5. The van der Waals surface area contributed by atoms with E-state index in [1.807, 2.05) is 44.7 Å². The molecule has 24 heavy (non-hydrogen) atoms. The molecule has 3 rings (SSSR count). The molecule has 6 heteroatoms. The van der Waals surface area contributed by atoms with Crippen LogP contribution in [0.4, 0.5) is 0 Å². The summed E-state index contributed by atoms with van der Waals surface area (Å²) in [6.45, 7) is 2.65. The van der Waals surface area contributed by atoms with Crippen molar-refractivity contribution < 1.29 is 9.53 Å². The molecular weight excluding hydrogens is 304 g/mol. The fraction of sp³-hybridized carbons (Fsp3) is 0.444. The summed E-state index contributed by atoms with van der Waals surface area (Å²) in [5.74, 6) is 0.935. The molecule has 0 saturated carbocycles. The molecule has 0 fully saturated rings. The molecule has 0 atom stereocenters. The van der Waals surface area contributed by atoms with Gasteiger partial charge in [0.15, 0.2) is 0 Å². The second kappa shape index (κ2) is 7.05. The number of carbonyl (C=O) groups excluding carboxylic acids is 1. The molecule has 0 bridgehead atoms. The Hall–Kier alpha value is -2.34. The maximum absolute atomic E-state index is 12.5.